The van der Waals surface area contributed by atoms with Crippen LogP contribution in [-0.2, 0) is 11.2 Å². The largest absolute Gasteiger partial charge is 0.392 e. The van der Waals surface area contributed by atoms with Gasteiger partial charge in [0, 0.05) is 36.0 Å². The van der Waals surface area contributed by atoms with Gasteiger partial charge in [-0.3, -0.25) is 4.79 Å². The van der Waals surface area contributed by atoms with Crippen LogP contribution in [0.5, 0.6) is 0 Å². The highest BCUT2D eigenvalue weighted by molar-refractivity contribution is 7.15. The second-order valence-electron chi connectivity index (χ2n) is 10.1. The van der Waals surface area contributed by atoms with Gasteiger partial charge in [-0.1, -0.05) is 26.8 Å². The number of aliphatic hydroxyl groups excluding tert-OH is 1. The van der Waals surface area contributed by atoms with Crippen molar-refractivity contribution < 1.29 is 14.3 Å². The topological polar surface area (TPSA) is 65.5 Å². The number of likely N-dealkylation sites (N-methyl/N-ethyl adjacent to an activating group) is 1. The minimum Gasteiger partial charge on any atom is -0.392 e. The molecule has 0 spiro atoms. The summed E-state index contributed by atoms with van der Waals surface area (Å²) >= 11 is 1.65. The van der Waals surface area contributed by atoms with Crippen LogP contribution in [-0.4, -0.2) is 40.6 Å². The molecule has 4 rings (SSSR count). The predicted octanol–water partition coefficient (Wildman–Crippen LogP) is 5.36. The molecule has 0 saturated heterocycles. The summed E-state index contributed by atoms with van der Waals surface area (Å²) in [5, 5.41) is 15.7. The highest BCUT2D eigenvalue weighted by Crippen LogP contribution is 2.57. The Morgan fingerprint density at radius 1 is 1.45 bits per heavy atom. The maximum absolute atomic E-state index is 13.2. The Bertz CT molecular complexity index is 1020. The molecule has 1 aromatic carbocycles. The van der Waals surface area contributed by atoms with E-state index in [4.69, 9.17) is 4.98 Å². The van der Waals surface area contributed by atoms with Gasteiger partial charge in [-0.15, -0.1) is 17.9 Å². The lowest BCUT2D eigenvalue weighted by molar-refractivity contribution is -0.143. The summed E-state index contributed by atoms with van der Waals surface area (Å²) in [5.74, 6) is -0.381. The molecule has 1 amide bonds. The van der Waals surface area contributed by atoms with Crippen molar-refractivity contribution in [3.63, 3.8) is 0 Å². The van der Waals surface area contributed by atoms with Gasteiger partial charge in [0.25, 0.3) is 0 Å². The Morgan fingerprint density at radius 2 is 2.15 bits per heavy atom. The van der Waals surface area contributed by atoms with Crippen LogP contribution >= 0.6 is 11.3 Å². The third kappa shape index (κ3) is 4.45. The monoisotopic (exact) mass is 471 g/mol. The summed E-state index contributed by atoms with van der Waals surface area (Å²) in [4.78, 5) is 20.7. The maximum Gasteiger partial charge on any atom is 0.225 e. The molecule has 7 heteroatoms. The van der Waals surface area contributed by atoms with Crippen LogP contribution in [0.3, 0.4) is 0 Å². The number of anilines is 2. The van der Waals surface area contributed by atoms with Crippen molar-refractivity contribution >= 4 is 28.1 Å². The SMILES string of the molecule is C=CCN(C)C(=O)[C@@H](C)[C@@H]1CC[C@@]2(C)Cc3sc(Nc4ccc(F)cc4)nc3[C@@H](C)[C@@H]2[C@H]1O. The van der Waals surface area contributed by atoms with Gasteiger partial charge in [0.2, 0.25) is 5.91 Å². The third-order valence-corrected chi connectivity index (χ3v) is 8.82. The quantitative estimate of drug-likeness (QED) is 0.557. The molecule has 2 aromatic rings. The third-order valence-electron chi connectivity index (χ3n) is 7.83. The number of nitrogens with one attached hydrogen (secondary N) is 1. The Balaban J connectivity index is 1.56. The first-order valence-electron chi connectivity index (χ1n) is 11.7. The standard InChI is InChI=1S/C26H34FN3O2S/c1-6-13-30(5)24(32)15(2)19-11-12-26(4)14-20-22(16(3)21(26)23(19)31)29-25(33-20)28-18-9-7-17(27)8-10-18/h6-10,15-16,19,21,23,31H,1,11-14H2,2-5H3,(H,28,29)/t15-,16-,19-,21+,23-,26-/m0/s1. The molecule has 1 fully saturated rings. The molecule has 2 aliphatic rings. The Morgan fingerprint density at radius 3 is 2.82 bits per heavy atom. The lowest BCUT2D eigenvalue weighted by Gasteiger charge is -2.53. The van der Waals surface area contributed by atoms with Crippen LogP contribution < -0.4 is 5.32 Å². The Kier molecular flexibility index (Phi) is 6.65. The predicted molar refractivity (Wildman–Crippen MR) is 131 cm³/mol. The zero-order valence-corrected chi connectivity index (χ0v) is 20.7. The summed E-state index contributed by atoms with van der Waals surface area (Å²) in [6.07, 6.45) is 3.86. The molecule has 5 nitrogen and oxygen atoms in total. The normalized spacial score (nSPS) is 29.5. The second kappa shape index (κ2) is 9.18. The lowest BCUT2D eigenvalue weighted by Crippen LogP contribution is -2.53. The fraction of sp³-hybridized carbons (Fsp3) is 0.538. The molecular formula is C26H34FN3O2S. The first-order valence-corrected chi connectivity index (χ1v) is 12.5. The number of hydrogen-bond donors (Lipinski definition) is 2. The molecular weight excluding hydrogens is 437 g/mol. The number of amides is 1. The number of rotatable bonds is 6. The highest BCUT2D eigenvalue weighted by Gasteiger charge is 2.54. The smallest absolute Gasteiger partial charge is 0.225 e. The van der Waals surface area contributed by atoms with Gasteiger partial charge in [0.15, 0.2) is 5.13 Å². The van der Waals surface area contributed by atoms with Gasteiger partial charge >= 0.3 is 0 Å². The van der Waals surface area contributed by atoms with Gasteiger partial charge in [-0.05, 0) is 60.8 Å². The van der Waals surface area contributed by atoms with E-state index in [1.807, 2.05) is 6.92 Å². The Labute approximate surface area is 199 Å². The molecule has 0 aliphatic heterocycles. The average Bonchev–Trinajstić information content (AvgIpc) is 3.16. The van der Waals surface area contributed by atoms with Gasteiger partial charge in [0.05, 0.1) is 11.8 Å². The first-order chi connectivity index (χ1) is 15.6. The van der Waals surface area contributed by atoms with Gasteiger partial charge in [-0.2, -0.15) is 0 Å². The van der Waals surface area contributed by atoms with Crippen LogP contribution in [0.4, 0.5) is 15.2 Å². The molecule has 1 saturated carbocycles. The van der Waals surface area contributed by atoms with Crippen molar-refractivity contribution in [2.45, 2.75) is 52.1 Å². The van der Waals surface area contributed by atoms with E-state index < -0.39 is 6.10 Å². The van der Waals surface area contributed by atoms with E-state index in [-0.39, 0.29) is 40.8 Å². The molecule has 2 aliphatic carbocycles. The fourth-order valence-electron chi connectivity index (χ4n) is 6.07. The number of hydrogen-bond acceptors (Lipinski definition) is 5. The van der Waals surface area contributed by atoms with E-state index in [2.05, 4.69) is 25.7 Å². The summed E-state index contributed by atoms with van der Waals surface area (Å²) < 4.78 is 13.2. The first kappa shape index (κ1) is 23.9. The molecule has 33 heavy (non-hydrogen) atoms. The van der Waals surface area contributed by atoms with Crippen LogP contribution in [0.2, 0.25) is 0 Å². The zero-order chi connectivity index (χ0) is 23.9. The van der Waals surface area contributed by atoms with Crippen molar-refractivity contribution in [2.24, 2.45) is 23.2 Å². The number of fused-ring (bicyclic) bond motifs is 2. The van der Waals surface area contributed by atoms with E-state index in [0.717, 1.165) is 35.8 Å². The fourth-order valence-corrected chi connectivity index (χ4v) is 7.36. The number of thiazole rings is 1. The van der Waals surface area contributed by atoms with E-state index in [1.165, 1.54) is 17.0 Å². The number of aliphatic hydroxyl groups is 1. The molecule has 178 valence electrons. The number of carbonyl (C=O) groups is 1. The number of benzene rings is 1. The molecule has 1 heterocycles. The van der Waals surface area contributed by atoms with E-state index in [0.29, 0.717) is 6.54 Å². The van der Waals surface area contributed by atoms with Crippen molar-refractivity contribution in [1.82, 2.24) is 9.88 Å². The van der Waals surface area contributed by atoms with Crippen molar-refractivity contribution in [3.8, 4) is 0 Å². The number of aromatic nitrogens is 1. The number of nitrogens with zero attached hydrogens (tertiary/aromatic N) is 2. The maximum atomic E-state index is 13.2. The average molecular weight is 472 g/mol. The summed E-state index contributed by atoms with van der Waals surface area (Å²) in [5.41, 5.74) is 1.81. The van der Waals surface area contributed by atoms with Gasteiger partial charge in [0.1, 0.15) is 5.82 Å². The summed E-state index contributed by atoms with van der Waals surface area (Å²) in [7, 11) is 1.79. The number of halogens is 1. The van der Waals surface area contributed by atoms with Crippen molar-refractivity contribution in [3.05, 3.63) is 53.3 Å². The molecule has 1 aromatic heterocycles. The van der Waals surface area contributed by atoms with Crippen molar-refractivity contribution in [2.75, 3.05) is 18.9 Å². The summed E-state index contributed by atoms with van der Waals surface area (Å²) in [6, 6.07) is 6.27. The van der Waals surface area contributed by atoms with E-state index in [9.17, 15) is 14.3 Å². The molecule has 0 radical (unpaired) electrons. The zero-order valence-electron chi connectivity index (χ0n) is 19.8. The minimum atomic E-state index is -0.557. The van der Waals surface area contributed by atoms with Crippen molar-refractivity contribution in [1.29, 1.82) is 0 Å². The minimum absolute atomic E-state index is 0.0300. The highest BCUT2D eigenvalue weighted by atomic mass is 32.1. The lowest BCUT2D eigenvalue weighted by atomic mass is 9.53. The summed E-state index contributed by atoms with van der Waals surface area (Å²) in [6.45, 7) is 10.6. The van der Waals surface area contributed by atoms with Crippen LogP contribution in [0, 0.1) is 29.0 Å². The molecule has 0 unspecified atom stereocenters. The van der Waals surface area contributed by atoms with Crippen LogP contribution in [0.15, 0.2) is 36.9 Å². The molecule has 0 bridgehead atoms. The number of carbonyl (C=O) groups excluding carboxylic acids is 1. The van der Waals surface area contributed by atoms with E-state index in [1.54, 1.807) is 41.5 Å². The second-order valence-corrected chi connectivity index (χ2v) is 11.2. The van der Waals surface area contributed by atoms with E-state index >= 15 is 0 Å². The molecule has 6 atom stereocenters. The molecule has 2 N–H and O–H groups in total. The van der Waals surface area contributed by atoms with Gasteiger partial charge in [-0.25, -0.2) is 9.37 Å². The Hall–Kier alpha value is -2.25. The van der Waals surface area contributed by atoms with Gasteiger partial charge < -0.3 is 15.3 Å². The van der Waals surface area contributed by atoms with Crippen LogP contribution in [0.1, 0.15) is 50.1 Å². The van der Waals surface area contributed by atoms with Crippen LogP contribution in [0.25, 0.3) is 0 Å².